The first-order valence-electron chi connectivity index (χ1n) is 10.5. The van der Waals surface area contributed by atoms with Crippen LogP contribution in [0.25, 0.3) is 0 Å². The Labute approximate surface area is 190 Å². The molecule has 6 nitrogen and oxygen atoms in total. The number of hydrogen-bond acceptors (Lipinski definition) is 5. The predicted octanol–water partition coefficient (Wildman–Crippen LogP) is 5.52. The molecule has 0 fully saturated rings. The summed E-state index contributed by atoms with van der Waals surface area (Å²) in [5, 5.41) is 24.4. The van der Waals surface area contributed by atoms with Crippen molar-refractivity contribution in [3.63, 3.8) is 0 Å². The van der Waals surface area contributed by atoms with Crippen LogP contribution < -0.4 is 0 Å². The molecule has 0 saturated heterocycles. The Hall–Kier alpha value is -1.30. The molecule has 0 bridgehead atoms. The van der Waals surface area contributed by atoms with Crippen LogP contribution >= 0.6 is 0 Å². The van der Waals surface area contributed by atoms with E-state index < -0.39 is 0 Å². The molecule has 6 heteroatoms. The van der Waals surface area contributed by atoms with Gasteiger partial charge in [0.1, 0.15) is 12.6 Å². The number of hydrogen-bond donors (Lipinski definition) is 3. The molecule has 0 aromatic rings. The molecule has 0 rings (SSSR count). The van der Waals surface area contributed by atoms with Crippen LogP contribution in [-0.4, -0.2) is 47.7 Å². The Morgan fingerprint density at radius 3 is 1.17 bits per heavy atom. The molecule has 0 aromatic heterocycles. The summed E-state index contributed by atoms with van der Waals surface area (Å²) in [4.78, 5) is 18.9. The zero-order valence-corrected chi connectivity index (χ0v) is 21.2. The number of carbonyl (C=O) groups excluding carboxylic acids is 2. The summed E-state index contributed by atoms with van der Waals surface area (Å²) in [7, 11) is 0. The second-order valence-corrected chi connectivity index (χ2v) is 6.97. The standard InChI is InChI=1S/2C4H10O.C4H8O.C4H10O.C4H8O.C3H6.CO.2H2/c3*1-4(2)3-5;2*1-2-3-4-5;1-3-2;1-2;;/h2*4-5H,3H2,1-2H3;3-4H,1-2H3;5H,2-4H2,1H3;4H,2-3H2,1H3;3H,1H2,2H3;;2*1H. The Balaban J connectivity index is -0.0000000277. The fourth-order valence-electron chi connectivity index (χ4n) is 0.276. The molecule has 3 N–H and O–H groups in total. The third kappa shape index (κ3) is 233. The molecule has 0 atom stereocenters. The monoisotopic (exact) mass is 440 g/mol. The van der Waals surface area contributed by atoms with Gasteiger partial charge in [0, 0.05) is 35.0 Å². The molecule has 30 heavy (non-hydrogen) atoms. The number of carbonyl (C=O) groups is 2. The Morgan fingerprint density at radius 1 is 0.900 bits per heavy atom. The normalized spacial score (nSPS) is 7.77. The van der Waals surface area contributed by atoms with Crippen molar-refractivity contribution in [3.05, 3.63) is 19.3 Å². The first-order chi connectivity index (χ1) is 14.1. The van der Waals surface area contributed by atoms with Gasteiger partial charge < -0.3 is 24.9 Å². The summed E-state index contributed by atoms with van der Waals surface area (Å²) in [5.74, 6) is 1.08. The molecule has 0 aliphatic heterocycles. The van der Waals surface area contributed by atoms with E-state index in [-0.39, 0.29) is 8.77 Å². The van der Waals surface area contributed by atoms with E-state index in [0.717, 1.165) is 31.8 Å². The van der Waals surface area contributed by atoms with Crippen LogP contribution in [0.4, 0.5) is 0 Å². The maximum atomic E-state index is 9.50. The van der Waals surface area contributed by atoms with Crippen molar-refractivity contribution in [2.24, 2.45) is 17.8 Å². The van der Waals surface area contributed by atoms with Gasteiger partial charge in [-0.25, -0.2) is 0 Å². The van der Waals surface area contributed by atoms with Crippen LogP contribution in [0.1, 0.15) is 90.9 Å². The fraction of sp³-hybridized carbons (Fsp3) is 0.792. The van der Waals surface area contributed by atoms with Gasteiger partial charge in [0.25, 0.3) is 0 Å². The van der Waals surface area contributed by atoms with Gasteiger partial charge in [0.05, 0.1) is 0 Å². The molecule has 0 unspecified atom stereocenters. The van der Waals surface area contributed by atoms with Crippen LogP contribution in [0.2, 0.25) is 0 Å². The van der Waals surface area contributed by atoms with E-state index in [1.807, 2.05) is 55.4 Å². The summed E-state index contributed by atoms with van der Waals surface area (Å²) >= 11 is 0. The van der Waals surface area contributed by atoms with E-state index in [0.29, 0.717) is 38.1 Å². The van der Waals surface area contributed by atoms with E-state index >= 15 is 0 Å². The molecule has 0 radical (unpaired) electrons. The number of rotatable bonds is 7. The van der Waals surface area contributed by atoms with Gasteiger partial charge in [-0.2, -0.15) is 0 Å². The van der Waals surface area contributed by atoms with E-state index in [1.54, 1.807) is 6.08 Å². The van der Waals surface area contributed by atoms with Crippen LogP contribution in [-0.2, 0) is 14.2 Å². The summed E-state index contributed by atoms with van der Waals surface area (Å²) in [6.45, 7) is 26.3. The molecule has 188 valence electrons. The second kappa shape index (κ2) is 63.0. The first kappa shape index (κ1) is 46.8. The zero-order chi connectivity index (χ0) is 25.8. The van der Waals surface area contributed by atoms with Crippen LogP contribution in [0.5, 0.6) is 0 Å². The van der Waals surface area contributed by atoms with Crippen molar-refractivity contribution in [2.75, 3.05) is 19.8 Å². The van der Waals surface area contributed by atoms with E-state index in [4.69, 9.17) is 20.0 Å². The topological polar surface area (TPSA) is 115 Å². The average molecular weight is 441 g/mol. The van der Waals surface area contributed by atoms with Crippen LogP contribution in [0.15, 0.2) is 12.7 Å². The molecular formula is C24H56O6. The summed E-state index contributed by atoms with van der Waals surface area (Å²) in [6.07, 6.45) is 7.32. The van der Waals surface area contributed by atoms with Gasteiger partial charge in [-0.05, 0) is 31.6 Å². The minimum absolute atomic E-state index is 0. The molecule has 0 aromatic carbocycles. The summed E-state index contributed by atoms with van der Waals surface area (Å²) in [5.41, 5.74) is 0. The maximum absolute atomic E-state index is 9.50. The minimum atomic E-state index is 0. The molecule has 0 aliphatic carbocycles. The number of aliphatic hydroxyl groups is 3. The SMILES string of the molecule is C=CC.CC(C)C=O.CC(C)CO.CC(C)CO.CCCC=O.CCCCO.[C-]#[O+].[HH].[HH]. The van der Waals surface area contributed by atoms with Gasteiger partial charge in [-0.15, -0.1) is 6.58 Å². The van der Waals surface area contributed by atoms with Gasteiger partial charge in [0.2, 0.25) is 0 Å². The third-order valence-corrected chi connectivity index (χ3v) is 1.92. The van der Waals surface area contributed by atoms with E-state index in [9.17, 15) is 9.59 Å². The summed E-state index contributed by atoms with van der Waals surface area (Å²) < 4.78 is 7.50. The van der Waals surface area contributed by atoms with Crippen molar-refractivity contribution in [3.8, 4) is 0 Å². The van der Waals surface area contributed by atoms with Crippen LogP contribution in [0, 0.1) is 24.4 Å². The Kier molecular flexibility index (Phi) is 98.3. The van der Waals surface area contributed by atoms with E-state index in [1.165, 1.54) is 0 Å². The molecule has 0 saturated carbocycles. The first-order valence-corrected chi connectivity index (χ1v) is 10.5. The number of aldehydes is 2. The van der Waals surface area contributed by atoms with Gasteiger partial charge >= 0.3 is 11.3 Å². The number of allylic oxidation sites excluding steroid dienone is 1. The average Bonchev–Trinajstić information content (AvgIpc) is 2.73. The quantitative estimate of drug-likeness (QED) is 0.209. The van der Waals surface area contributed by atoms with Crippen molar-refractivity contribution in [2.45, 2.75) is 88.0 Å². The number of aliphatic hydroxyl groups excluding tert-OH is 3. The summed E-state index contributed by atoms with van der Waals surface area (Å²) in [6, 6.07) is 0. The molecular weight excluding hydrogens is 384 g/mol. The van der Waals surface area contributed by atoms with Crippen molar-refractivity contribution < 1.29 is 32.4 Å². The van der Waals surface area contributed by atoms with Gasteiger partial charge in [-0.1, -0.05) is 67.9 Å². The third-order valence-electron chi connectivity index (χ3n) is 1.92. The van der Waals surface area contributed by atoms with Gasteiger partial charge in [0.15, 0.2) is 0 Å². The molecule has 0 aliphatic rings. The largest absolute Gasteiger partial charge is 0 e. The van der Waals surface area contributed by atoms with Crippen molar-refractivity contribution in [1.82, 2.24) is 0 Å². The van der Waals surface area contributed by atoms with Gasteiger partial charge in [-0.3, -0.25) is 0 Å². The van der Waals surface area contributed by atoms with Crippen molar-refractivity contribution in [1.29, 1.82) is 0 Å². The zero-order valence-electron chi connectivity index (χ0n) is 21.2. The Morgan fingerprint density at radius 2 is 1.17 bits per heavy atom. The van der Waals surface area contributed by atoms with Crippen LogP contribution in [0.3, 0.4) is 0 Å². The Bertz CT molecular complexity index is 275. The second-order valence-electron chi connectivity index (χ2n) is 6.97. The minimum Gasteiger partial charge on any atom is 0 e. The smallest absolute Gasteiger partial charge is 0 e. The fourth-order valence-corrected chi connectivity index (χ4v) is 0.276. The molecule has 0 heterocycles. The van der Waals surface area contributed by atoms with E-state index in [2.05, 4.69) is 20.2 Å². The molecule has 0 spiro atoms. The maximum Gasteiger partial charge on any atom is 0 e. The van der Waals surface area contributed by atoms with Crippen molar-refractivity contribution >= 4 is 12.6 Å². The number of unbranched alkanes of at least 4 members (excludes halogenated alkanes) is 2. The predicted molar refractivity (Wildman–Crippen MR) is 132 cm³/mol. The molecule has 0 amide bonds.